The SMILES string of the molecule is CNCc1nc(Cl)c(-c2ccncc2)n1C. The molecule has 4 nitrogen and oxygen atoms in total. The highest BCUT2D eigenvalue weighted by Gasteiger charge is 2.13. The molecule has 0 aromatic carbocycles. The molecule has 2 rings (SSSR count). The largest absolute Gasteiger partial charge is 0.329 e. The van der Waals surface area contributed by atoms with Gasteiger partial charge in [-0.3, -0.25) is 4.98 Å². The van der Waals surface area contributed by atoms with E-state index in [2.05, 4.69) is 15.3 Å². The van der Waals surface area contributed by atoms with Gasteiger partial charge in [0.05, 0.1) is 12.2 Å². The van der Waals surface area contributed by atoms with Gasteiger partial charge in [-0.15, -0.1) is 0 Å². The van der Waals surface area contributed by atoms with E-state index in [1.54, 1.807) is 12.4 Å². The number of aromatic nitrogens is 3. The number of nitrogens with one attached hydrogen (secondary N) is 1. The molecule has 0 bridgehead atoms. The summed E-state index contributed by atoms with van der Waals surface area (Å²) in [5.74, 6) is 0.916. The van der Waals surface area contributed by atoms with Crippen molar-refractivity contribution < 1.29 is 0 Å². The van der Waals surface area contributed by atoms with Crippen LogP contribution in [-0.4, -0.2) is 21.6 Å². The third kappa shape index (κ3) is 1.94. The van der Waals surface area contributed by atoms with Crippen molar-refractivity contribution in [1.29, 1.82) is 0 Å². The summed E-state index contributed by atoms with van der Waals surface area (Å²) in [5.41, 5.74) is 1.95. The first-order chi connectivity index (χ1) is 7.74. The maximum Gasteiger partial charge on any atom is 0.155 e. The average Bonchev–Trinajstić information content (AvgIpc) is 2.56. The fourth-order valence-electron chi connectivity index (χ4n) is 1.65. The first kappa shape index (κ1) is 11.1. The number of imidazole rings is 1. The molecule has 0 radical (unpaired) electrons. The van der Waals surface area contributed by atoms with Crippen LogP contribution >= 0.6 is 11.6 Å². The Morgan fingerprint density at radius 1 is 1.38 bits per heavy atom. The van der Waals surface area contributed by atoms with Crippen LogP contribution in [0.3, 0.4) is 0 Å². The Labute approximate surface area is 99.3 Å². The first-order valence-electron chi connectivity index (χ1n) is 5.00. The second-order valence-electron chi connectivity index (χ2n) is 3.49. The molecule has 0 saturated heterocycles. The van der Waals surface area contributed by atoms with E-state index in [9.17, 15) is 0 Å². The van der Waals surface area contributed by atoms with Gasteiger partial charge in [0.25, 0.3) is 0 Å². The maximum atomic E-state index is 6.14. The summed E-state index contributed by atoms with van der Waals surface area (Å²) in [6.45, 7) is 0.696. The number of nitrogens with zero attached hydrogens (tertiary/aromatic N) is 3. The van der Waals surface area contributed by atoms with E-state index < -0.39 is 0 Å². The van der Waals surface area contributed by atoms with E-state index >= 15 is 0 Å². The summed E-state index contributed by atoms with van der Waals surface area (Å²) in [6, 6.07) is 3.85. The smallest absolute Gasteiger partial charge is 0.155 e. The van der Waals surface area contributed by atoms with Crippen molar-refractivity contribution in [2.75, 3.05) is 7.05 Å². The van der Waals surface area contributed by atoms with Gasteiger partial charge in [-0.1, -0.05) is 11.6 Å². The second-order valence-corrected chi connectivity index (χ2v) is 3.85. The number of halogens is 1. The van der Waals surface area contributed by atoms with Gasteiger partial charge in [0.1, 0.15) is 5.82 Å². The highest BCUT2D eigenvalue weighted by Crippen LogP contribution is 2.27. The first-order valence-corrected chi connectivity index (χ1v) is 5.38. The Morgan fingerprint density at radius 3 is 2.69 bits per heavy atom. The van der Waals surface area contributed by atoms with Crippen molar-refractivity contribution in [3.8, 4) is 11.3 Å². The van der Waals surface area contributed by atoms with Gasteiger partial charge in [-0.2, -0.15) is 0 Å². The minimum absolute atomic E-state index is 0.527. The van der Waals surface area contributed by atoms with Crippen molar-refractivity contribution in [1.82, 2.24) is 19.9 Å². The minimum Gasteiger partial charge on any atom is -0.329 e. The van der Waals surface area contributed by atoms with Gasteiger partial charge in [-0.05, 0) is 19.2 Å². The zero-order valence-corrected chi connectivity index (χ0v) is 9.99. The molecule has 5 heteroatoms. The predicted octanol–water partition coefficient (Wildman–Crippen LogP) is 1.85. The highest BCUT2D eigenvalue weighted by atomic mass is 35.5. The molecule has 2 heterocycles. The Balaban J connectivity index is 2.49. The number of rotatable bonds is 3. The fourth-order valence-corrected chi connectivity index (χ4v) is 1.98. The van der Waals surface area contributed by atoms with Crippen LogP contribution in [0, 0.1) is 0 Å². The lowest BCUT2D eigenvalue weighted by Gasteiger charge is -2.05. The van der Waals surface area contributed by atoms with Gasteiger partial charge in [-0.25, -0.2) is 4.98 Å². The summed E-state index contributed by atoms with van der Waals surface area (Å²) in [4.78, 5) is 8.31. The topological polar surface area (TPSA) is 42.7 Å². The zero-order chi connectivity index (χ0) is 11.5. The fraction of sp³-hybridized carbons (Fsp3) is 0.273. The lowest BCUT2D eigenvalue weighted by molar-refractivity contribution is 0.712. The van der Waals surface area contributed by atoms with E-state index in [4.69, 9.17) is 11.6 Å². The minimum atomic E-state index is 0.527. The van der Waals surface area contributed by atoms with Gasteiger partial charge >= 0.3 is 0 Å². The number of pyridine rings is 1. The predicted molar refractivity (Wildman–Crippen MR) is 64.2 cm³/mol. The van der Waals surface area contributed by atoms with Crippen LogP contribution in [0.5, 0.6) is 0 Å². The monoisotopic (exact) mass is 236 g/mol. The third-order valence-corrected chi connectivity index (χ3v) is 2.70. The van der Waals surface area contributed by atoms with Crippen LogP contribution in [0.4, 0.5) is 0 Å². The summed E-state index contributed by atoms with van der Waals surface area (Å²) in [7, 11) is 3.84. The molecule has 0 aliphatic carbocycles. The van der Waals surface area contributed by atoms with Crippen LogP contribution < -0.4 is 5.32 Å². The molecular weight excluding hydrogens is 224 g/mol. The quantitative estimate of drug-likeness (QED) is 0.885. The van der Waals surface area contributed by atoms with E-state index in [1.165, 1.54) is 0 Å². The second kappa shape index (κ2) is 4.63. The normalized spacial score (nSPS) is 10.7. The van der Waals surface area contributed by atoms with E-state index in [0.717, 1.165) is 17.1 Å². The molecule has 1 N–H and O–H groups in total. The van der Waals surface area contributed by atoms with Crippen molar-refractivity contribution in [3.05, 3.63) is 35.5 Å². The molecule has 0 spiro atoms. The van der Waals surface area contributed by atoms with Crippen molar-refractivity contribution >= 4 is 11.6 Å². The molecule has 0 aliphatic rings. The molecule has 2 aromatic heterocycles. The van der Waals surface area contributed by atoms with Gasteiger partial charge in [0, 0.05) is 25.0 Å². The Morgan fingerprint density at radius 2 is 2.06 bits per heavy atom. The summed E-state index contributed by atoms with van der Waals surface area (Å²) in [6.07, 6.45) is 3.49. The van der Waals surface area contributed by atoms with E-state index in [-0.39, 0.29) is 0 Å². The molecule has 16 heavy (non-hydrogen) atoms. The summed E-state index contributed by atoms with van der Waals surface area (Å²) in [5, 5.41) is 3.59. The molecule has 0 fully saturated rings. The Bertz CT molecular complexity index is 478. The van der Waals surface area contributed by atoms with E-state index in [1.807, 2.05) is 30.8 Å². The number of hydrogen-bond acceptors (Lipinski definition) is 3. The molecule has 0 aliphatic heterocycles. The standard InChI is InChI=1S/C11H13ClN4/c1-13-7-9-15-11(12)10(16(9)2)8-3-5-14-6-4-8/h3-6,13H,7H2,1-2H3. The average molecular weight is 237 g/mol. The van der Waals surface area contributed by atoms with Crippen LogP contribution in [-0.2, 0) is 13.6 Å². The molecule has 0 saturated carbocycles. The lowest BCUT2D eigenvalue weighted by Crippen LogP contribution is -2.10. The molecule has 0 atom stereocenters. The maximum absolute atomic E-state index is 6.14. The molecular formula is C11H13ClN4. The van der Waals surface area contributed by atoms with Crippen LogP contribution in [0.25, 0.3) is 11.3 Å². The molecule has 84 valence electrons. The molecule has 0 unspecified atom stereocenters. The molecule has 2 aromatic rings. The van der Waals surface area contributed by atoms with Crippen LogP contribution in [0.1, 0.15) is 5.82 Å². The third-order valence-electron chi connectivity index (χ3n) is 2.43. The summed E-state index contributed by atoms with van der Waals surface area (Å²) >= 11 is 6.14. The lowest BCUT2D eigenvalue weighted by atomic mass is 10.2. The van der Waals surface area contributed by atoms with Gasteiger partial charge in [0.2, 0.25) is 0 Å². The van der Waals surface area contributed by atoms with Gasteiger partial charge in [0.15, 0.2) is 5.15 Å². The summed E-state index contributed by atoms with van der Waals surface area (Å²) < 4.78 is 1.99. The Kier molecular flexibility index (Phi) is 3.22. The van der Waals surface area contributed by atoms with Crippen LogP contribution in [0.2, 0.25) is 5.15 Å². The van der Waals surface area contributed by atoms with Crippen LogP contribution in [0.15, 0.2) is 24.5 Å². The molecule has 0 amide bonds. The zero-order valence-electron chi connectivity index (χ0n) is 9.24. The number of hydrogen-bond donors (Lipinski definition) is 1. The van der Waals surface area contributed by atoms with Crippen molar-refractivity contribution in [2.24, 2.45) is 7.05 Å². The Hall–Kier alpha value is -1.39. The van der Waals surface area contributed by atoms with Crippen molar-refractivity contribution in [3.63, 3.8) is 0 Å². The van der Waals surface area contributed by atoms with E-state index in [0.29, 0.717) is 11.7 Å². The highest BCUT2D eigenvalue weighted by molar-refractivity contribution is 6.32. The van der Waals surface area contributed by atoms with Gasteiger partial charge < -0.3 is 9.88 Å². The van der Waals surface area contributed by atoms with Crippen molar-refractivity contribution in [2.45, 2.75) is 6.54 Å².